The maximum Gasteiger partial charge on any atom is 0.273 e. The summed E-state index contributed by atoms with van der Waals surface area (Å²) in [7, 11) is -2.09. The minimum Gasteiger partial charge on any atom is -0.268 e. The summed E-state index contributed by atoms with van der Waals surface area (Å²) in [5, 5.41) is 8.77. The lowest BCUT2D eigenvalue weighted by Gasteiger charge is -2.20. The van der Waals surface area contributed by atoms with Gasteiger partial charge in [0.25, 0.3) is 10.0 Å². The highest BCUT2D eigenvalue weighted by molar-refractivity contribution is 7.94. The fraction of sp³-hybridized carbons (Fsp3) is 0.154. The topological polar surface area (TPSA) is 61.2 Å². The largest absolute Gasteiger partial charge is 0.273 e. The summed E-state index contributed by atoms with van der Waals surface area (Å²) in [5.41, 5.74) is 1.51. The highest BCUT2D eigenvalue weighted by atomic mass is 32.2. The van der Waals surface area contributed by atoms with Crippen LogP contribution in [-0.2, 0) is 10.0 Å². The first-order chi connectivity index (χ1) is 8.96. The van der Waals surface area contributed by atoms with E-state index in [4.69, 9.17) is 5.26 Å². The quantitative estimate of drug-likeness (QED) is 0.874. The van der Waals surface area contributed by atoms with Crippen LogP contribution < -0.4 is 4.31 Å². The standard InChI is InChI=1S/C13H12N2O2S2/c1-10-5-3-4-6-12(10)15(2)19(16,17)13-8-7-11(9-14)18-13/h3-8H,1-2H3. The van der Waals surface area contributed by atoms with E-state index in [1.54, 1.807) is 12.1 Å². The summed E-state index contributed by atoms with van der Waals surface area (Å²) in [6.07, 6.45) is 0. The molecule has 1 aromatic heterocycles. The molecule has 0 fully saturated rings. The Morgan fingerprint density at radius 2 is 1.89 bits per heavy atom. The summed E-state index contributed by atoms with van der Waals surface area (Å²) < 4.78 is 26.3. The number of benzene rings is 1. The Morgan fingerprint density at radius 1 is 1.21 bits per heavy atom. The van der Waals surface area contributed by atoms with Crippen molar-refractivity contribution in [2.75, 3.05) is 11.4 Å². The van der Waals surface area contributed by atoms with Crippen molar-refractivity contribution in [1.29, 1.82) is 5.26 Å². The van der Waals surface area contributed by atoms with E-state index in [0.29, 0.717) is 10.6 Å². The van der Waals surface area contributed by atoms with Crippen molar-refractivity contribution in [1.82, 2.24) is 0 Å². The Balaban J connectivity index is 2.46. The lowest BCUT2D eigenvalue weighted by atomic mass is 10.2. The molecular formula is C13H12N2O2S2. The van der Waals surface area contributed by atoms with E-state index >= 15 is 0 Å². The van der Waals surface area contributed by atoms with Gasteiger partial charge in [0.15, 0.2) is 0 Å². The minimum absolute atomic E-state index is 0.176. The third-order valence-electron chi connectivity index (χ3n) is 2.76. The predicted molar refractivity (Wildman–Crippen MR) is 75.8 cm³/mol. The van der Waals surface area contributed by atoms with Gasteiger partial charge in [-0.15, -0.1) is 11.3 Å². The number of nitriles is 1. The van der Waals surface area contributed by atoms with Crippen LogP contribution in [0.2, 0.25) is 0 Å². The molecule has 4 nitrogen and oxygen atoms in total. The van der Waals surface area contributed by atoms with Crippen LogP contribution in [0.5, 0.6) is 0 Å². The van der Waals surface area contributed by atoms with Crippen LogP contribution in [0, 0.1) is 18.3 Å². The molecular weight excluding hydrogens is 280 g/mol. The molecule has 0 saturated carbocycles. The normalized spacial score (nSPS) is 11.0. The van der Waals surface area contributed by atoms with E-state index in [2.05, 4.69) is 0 Å². The second-order valence-corrected chi connectivity index (χ2v) is 7.27. The average molecular weight is 292 g/mol. The van der Waals surface area contributed by atoms with Crippen LogP contribution >= 0.6 is 11.3 Å². The van der Waals surface area contributed by atoms with Crippen LogP contribution in [0.3, 0.4) is 0 Å². The second-order valence-electron chi connectivity index (χ2n) is 3.99. The monoisotopic (exact) mass is 292 g/mol. The zero-order valence-corrected chi connectivity index (χ0v) is 12.1. The van der Waals surface area contributed by atoms with Gasteiger partial charge < -0.3 is 0 Å². The molecule has 1 heterocycles. The Kier molecular flexibility index (Phi) is 3.60. The van der Waals surface area contributed by atoms with Gasteiger partial charge in [-0.1, -0.05) is 18.2 Å². The van der Waals surface area contributed by atoms with Crippen molar-refractivity contribution in [3.8, 4) is 6.07 Å². The third-order valence-corrected chi connectivity index (χ3v) is 5.99. The average Bonchev–Trinajstić information content (AvgIpc) is 2.88. The van der Waals surface area contributed by atoms with Gasteiger partial charge in [-0.3, -0.25) is 4.31 Å². The molecule has 0 amide bonds. The summed E-state index contributed by atoms with van der Waals surface area (Å²) in [6.45, 7) is 1.86. The van der Waals surface area contributed by atoms with E-state index < -0.39 is 10.0 Å². The van der Waals surface area contributed by atoms with Crippen LogP contribution in [0.15, 0.2) is 40.6 Å². The third kappa shape index (κ3) is 2.48. The van der Waals surface area contributed by atoms with E-state index in [1.165, 1.54) is 23.5 Å². The minimum atomic E-state index is -3.60. The zero-order chi connectivity index (χ0) is 14.0. The Morgan fingerprint density at radius 3 is 2.47 bits per heavy atom. The number of aryl methyl sites for hydroxylation is 1. The molecule has 0 bridgehead atoms. The van der Waals surface area contributed by atoms with E-state index in [1.807, 2.05) is 25.1 Å². The zero-order valence-electron chi connectivity index (χ0n) is 10.5. The van der Waals surface area contributed by atoms with Gasteiger partial charge in [0.1, 0.15) is 15.2 Å². The fourth-order valence-corrected chi connectivity index (χ4v) is 4.23. The van der Waals surface area contributed by atoms with Crippen LogP contribution in [0.4, 0.5) is 5.69 Å². The number of nitrogens with zero attached hydrogens (tertiary/aromatic N) is 2. The highest BCUT2D eigenvalue weighted by Gasteiger charge is 2.24. The highest BCUT2D eigenvalue weighted by Crippen LogP contribution is 2.28. The first-order valence-electron chi connectivity index (χ1n) is 5.51. The van der Waals surface area contributed by atoms with Crippen molar-refractivity contribution >= 4 is 27.0 Å². The second kappa shape index (κ2) is 5.03. The molecule has 0 spiro atoms. The Labute approximate surface area is 116 Å². The van der Waals surface area contributed by atoms with Gasteiger partial charge in [-0.2, -0.15) is 5.26 Å². The number of hydrogen-bond acceptors (Lipinski definition) is 4. The summed E-state index contributed by atoms with van der Waals surface area (Å²) in [5.74, 6) is 0. The van der Waals surface area contributed by atoms with Crippen molar-refractivity contribution in [2.45, 2.75) is 11.1 Å². The predicted octanol–water partition coefficient (Wildman–Crippen LogP) is 2.75. The Bertz CT molecular complexity index is 742. The van der Waals surface area contributed by atoms with Gasteiger partial charge in [-0.25, -0.2) is 8.42 Å². The molecule has 1 aromatic carbocycles. The molecule has 0 aliphatic carbocycles. The lowest BCUT2D eigenvalue weighted by Crippen LogP contribution is -2.26. The molecule has 98 valence electrons. The lowest BCUT2D eigenvalue weighted by molar-refractivity contribution is 0.596. The van der Waals surface area contributed by atoms with Crippen LogP contribution in [-0.4, -0.2) is 15.5 Å². The van der Waals surface area contributed by atoms with Crippen LogP contribution in [0.25, 0.3) is 0 Å². The number of rotatable bonds is 3. The number of thiophene rings is 1. The van der Waals surface area contributed by atoms with Crippen molar-refractivity contribution in [2.24, 2.45) is 0 Å². The smallest absolute Gasteiger partial charge is 0.268 e. The van der Waals surface area contributed by atoms with Gasteiger partial charge in [0, 0.05) is 7.05 Å². The fourth-order valence-electron chi connectivity index (χ4n) is 1.70. The van der Waals surface area contributed by atoms with E-state index in [9.17, 15) is 8.42 Å². The summed E-state index contributed by atoms with van der Waals surface area (Å²) >= 11 is 0.978. The molecule has 0 atom stereocenters. The molecule has 0 radical (unpaired) electrons. The molecule has 0 aliphatic heterocycles. The van der Waals surface area contributed by atoms with Crippen LogP contribution in [0.1, 0.15) is 10.4 Å². The van der Waals surface area contributed by atoms with Crippen molar-refractivity contribution in [3.63, 3.8) is 0 Å². The van der Waals surface area contributed by atoms with Gasteiger partial charge >= 0.3 is 0 Å². The maximum absolute atomic E-state index is 12.4. The number of sulfonamides is 1. The molecule has 0 saturated heterocycles. The first kappa shape index (κ1) is 13.6. The SMILES string of the molecule is Cc1ccccc1N(C)S(=O)(=O)c1ccc(C#N)s1. The van der Waals surface area contributed by atoms with Gasteiger partial charge in [0.2, 0.25) is 0 Å². The number of para-hydroxylation sites is 1. The van der Waals surface area contributed by atoms with E-state index in [0.717, 1.165) is 16.9 Å². The molecule has 0 N–H and O–H groups in total. The molecule has 2 aromatic rings. The van der Waals surface area contributed by atoms with E-state index in [-0.39, 0.29) is 4.21 Å². The van der Waals surface area contributed by atoms with Crippen molar-refractivity contribution in [3.05, 3.63) is 46.8 Å². The summed E-state index contributed by atoms with van der Waals surface area (Å²) in [6, 6.07) is 12.2. The molecule has 19 heavy (non-hydrogen) atoms. The number of anilines is 1. The van der Waals surface area contributed by atoms with Gasteiger partial charge in [0.05, 0.1) is 5.69 Å². The number of hydrogen-bond donors (Lipinski definition) is 0. The Hall–Kier alpha value is -1.84. The molecule has 0 unspecified atom stereocenters. The first-order valence-corrected chi connectivity index (χ1v) is 7.77. The molecule has 2 rings (SSSR count). The maximum atomic E-state index is 12.4. The molecule has 0 aliphatic rings. The van der Waals surface area contributed by atoms with Crippen molar-refractivity contribution < 1.29 is 8.42 Å². The summed E-state index contributed by atoms with van der Waals surface area (Å²) in [4.78, 5) is 0.386. The van der Waals surface area contributed by atoms with Gasteiger partial charge in [-0.05, 0) is 30.7 Å². The molecule has 6 heteroatoms.